The molecule has 0 aromatic carbocycles. The van der Waals surface area contributed by atoms with E-state index < -0.39 is 4.92 Å². The summed E-state index contributed by atoms with van der Waals surface area (Å²) in [6.07, 6.45) is 1.53. The maximum atomic E-state index is 10.3. The van der Waals surface area contributed by atoms with E-state index in [0.717, 1.165) is 0 Å². The van der Waals surface area contributed by atoms with E-state index in [4.69, 9.17) is 4.74 Å². The quantitative estimate of drug-likeness (QED) is 0.601. The van der Waals surface area contributed by atoms with Crippen LogP contribution in [0.4, 0.5) is 0 Å². The largest absolute Gasteiger partial charge is 0.481 e. The van der Waals surface area contributed by atoms with Gasteiger partial charge in [-0.25, -0.2) is 4.98 Å². The highest BCUT2D eigenvalue weighted by Crippen LogP contribution is 2.19. The van der Waals surface area contributed by atoms with Crippen molar-refractivity contribution in [3.63, 3.8) is 0 Å². The zero-order valence-corrected chi connectivity index (χ0v) is 8.44. The molecular weight excluding hydrogens is 240 g/mol. The third kappa shape index (κ3) is 2.66. The van der Waals surface area contributed by atoms with Crippen LogP contribution in [-0.2, 0) is 6.54 Å². The van der Waals surface area contributed by atoms with Gasteiger partial charge in [-0.05, 0) is 22.0 Å². The van der Waals surface area contributed by atoms with E-state index in [1.54, 1.807) is 6.07 Å². The van der Waals surface area contributed by atoms with Gasteiger partial charge in [0.1, 0.15) is 0 Å². The lowest BCUT2D eigenvalue weighted by atomic mass is 10.3. The smallest absolute Gasteiger partial charge is 0.234 e. The van der Waals surface area contributed by atoms with E-state index in [2.05, 4.69) is 20.9 Å². The van der Waals surface area contributed by atoms with Gasteiger partial charge in [0.2, 0.25) is 12.4 Å². The first-order valence-electron chi connectivity index (χ1n) is 3.43. The monoisotopic (exact) mass is 246 g/mol. The van der Waals surface area contributed by atoms with Crippen LogP contribution in [0.3, 0.4) is 0 Å². The second-order valence-corrected chi connectivity index (χ2v) is 3.23. The maximum Gasteiger partial charge on any atom is 0.234 e. The molecule has 0 unspecified atom stereocenters. The topological polar surface area (TPSA) is 65.3 Å². The molecule has 0 amide bonds. The van der Waals surface area contributed by atoms with Crippen molar-refractivity contribution in [2.45, 2.75) is 6.54 Å². The van der Waals surface area contributed by atoms with E-state index in [0.29, 0.717) is 15.9 Å². The van der Waals surface area contributed by atoms with Crippen LogP contribution in [0.15, 0.2) is 16.7 Å². The van der Waals surface area contributed by atoms with Crippen molar-refractivity contribution in [2.75, 3.05) is 7.11 Å². The van der Waals surface area contributed by atoms with Crippen molar-refractivity contribution < 1.29 is 9.66 Å². The third-order valence-electron chi connectivity index (χ3n) is 1.38. The van der Waals surface area contributed by atoms with Gasteiger partial charge >= 0.3 is 0 Å². The number of methoxy groups -OCH3 is 1. The molecule has 1 aromatic heterocycles. The third-order valence-corrected chi connectivity index (χ3v) is 1.82. The van der Waals surface area contributed by atoms with Gasteiger partial charge in [0, 0.05) is 15.6 Å². The Hall–Kier alpha value is -1.17. The Morgan fingerprint density at radius 2 is 2.46 bits per heavy atom. The molecule has 1 aromatic rings. The lowest BCUT2D eigenvalue weighted by Gasteiger charge is -2.03. The number of halogens is 1. The lowest BCUT2D eigenvalue weighted by molar-refractivity contribution is -0.497. The van der Waals surface area contributed by atoms with E-state index >= 15 is 0 Å². The number of aromatic nitrogens is 1. The SMILES string of the molecule is COc1ncc(Br)cc1C[N+](=O)[O-]. The van der Waals surface area contributed by atoms with Crippen molar-refractivity contribution in [1.29, 1.82) is 0 Å². The fourth-order valence-electron chi connectivity index (χ4n) is 0.905. The highest BCUT2D eigenvalue weighted by molar-refractivity contribution is 9.10. The number of pyridine rings is 1. The highest BCUT2D eigenvalue weighted by atomic mass is 79.9. The highest BCUT2D eigenvalue weighted by Gasteiger charge is 2.10. The second-order valence-electron chi connectivity index (χ2n) is 2.31. The van der Waals surface area contributed by atoms with Gasteiger partial charge in [-0.15, -0.1) is 0 Å². The molecule has 0 aliphatic heterocycles. The van der Waals surface area contributed by atoms with Crippen LogP contribution in [0, 0.1) is 10.1 Å². The van der Waals surface area contributed by atoms with Gasteiger partial charge in [-0.2, -0.15) is 0 Å². The van der Waals surface area contributed by atoms with Gasteiger partial charge in [-0.3, -0.25) is 10.1 Å². The molecule has 6 heteroatoms. The summed E-state index contributed by atoms with van der Waals surface area (Å²) in [5.41, 5.74) is 0.460. The summed E-state index contributed by atoms with van der Waals surface area (Å²) < 4.78 is 5.56. The second kappa shape index (κ2) is 4.18. The van der Waals surface area contributed by atoms with Crippen LogP contribution < -0.4 is 4.74 Å². The van der Waals surface area contributed by atoms with Crippen molar-refractivity contribution in [3.8, 4) is 5.88 Å². The zero-order chi connectivity index (χ0) is 9.84. The van der Waals surface area contributed by atoms with Gasteiger partial charge in [-0.1, -0.05) is 0 Å². The summed E-state index contributed by atoms with van der Waals surface area (Å²) in [6.45, 7) is -0.282. The Balaban J connectivity index is 3.01. The average molecular weight is 247 g/mol. The molecule has 0 radical (unpaired) electrons. The van der Waals surface area contributed by atoms with Crippen molar-refractivity contribution in [2.24, 2.45) is 0 Å². The molecule has 5 nitrogen and oxygen atoms in total. The van der Waals surface area contributed by atoms with Gasteiger partial charge < -0.3 is 4.74 Å². The lowest BCUT2D eigenvalue weighted by Crippen LogP contribution is -2.02. The average Bonchev–Trinajstić information content (AvgIpc) is 2.03. The molecule has 13 heavy (non-hydrogen) atoms. The molecule has 0 N–H and O–H groups in total. The molecule has 0 saturated carbocycles. The van der Waals surface area contributed by atoms with Crippen LogP contribution in [0.25, 0.3) is 0 Å². The Morgan fingerprint density at radius 3 is 3.00 bits per heavy atom. The number of nitrogens with zero attached hydrogens (tertiary/aromatic N) is 2. The molecule has 1 rings (SSSR count). The summed E-state index contributed by atoms with van der Waals surface area (Å²) in [4.78, 5) is 13.7. The minimum Gasteiger partial charge on any atom is -0.481 e. The van der Waals surface area contributed by atoms with Gasteiger partial charge in [0.05, 0.1) is 12.7 Å². The fourth-order valence-corrected chi connectivity index (χ4v) is 1.28. The summed E-state index contributed by atoms with van der Waals surface area (Å²) in [7, 11) is 1.43. The standard InChI is InChI=1S/C7H7BrN2O3/c1-13-7-5(4-10(11)12)2-6(8)3-9-7/h2-3H,4H2,1H3. The van der Waals surface area contributed by atoms with E-state index in [-0.39, 0.29) is 6.54 Å². The number of hydrogen-bond donors (Lipinski definition) is 0. The van der Waals surface area contributed by atoms with Gasteiger partial charge in [0.25, 0.3) is 0 Å². The molecule has 0 aliphatic rings. The zero-order valence-electron chi connectivity index (χ0n) is 6.86. The molecule has 70 valence electrons. The van der Waals surface area contributed by atoms with E-state index in [1.807, 2.05) is 0 Å². The van der Waals surface area contributed by atoms with E-state index in [1.165, 1.54) is 13.3 Å². The predicted octanol–water partition coefficient (Wildman–Crippen LogP) is 1.63. The van der Waals surface area contributed by atoms with Crippen LogP contribution in [0.2, 0.25) is 0 Å². The normalized spacial score (nSPS) is 9.69. The minimum atomic E-state index is -0.425. The first-order valence-corrected chi connectivity index (χ1v) is 4.23. The Morgan fingerprint density at radius 1 is 1.77 bits per heavy atom. The van der Waals surface area contributed by atoms with Crippen molar-refractivity contribution in [1.82, 2.24) is 4.98 Å². The molecule has 0 aliphatic carbocycles. The molecule has 1 heterocycles. The molecule has 0 bridgehead atoms. The Kier molecular flexibility index (Phi) is 3.18. The Bertz CT molecular complexity index is 330. The summed E-state index contributed by atoms with van der Waals surface area (Å²) in [5, 5.41) is 10.3. The van der Waals surface area contributed by atoms with Crippen LogP contribution >= 0.6 is 15.9 Å². The fraction of sp³-hybridized carbons (Fsp3) is 0.286. The number of hydrogen-bond acceptors (Lipinski definition) is 4. The minimum absolute atomic E-state index is 0.282. The number of nitro groups is 1. The maximum absolute atomic E-state index is 10.3. The molecule has 0 fully saturated rings. The number of ether oxygens (including phenoxy) is 1. The van der Waals surface area contributed by atoms with Gasteiger partial charge in [0.15, 0.2) is 0 Å². The van der Waals surface area contributed by atoms with E-state index in [9.17, 15) is 10.1 Å². The molecule has 0 spiro atoms. The first kappa shape index (κ1) is 9.91. The van der Waals surface area contributed by atoms with Crippen molar-refractivity contribution >= 4 is 15.9 Å². The number of rotatable bonds is 3. The first-order chi connectivity index (χ1) is 6.13. The van der Waals surface area contributed by atoms with Crippen LogP contribution in [0.1, 0.15) is 5.56 Å². The summed E-state index contributed by atoms with van der Waals surface area (Å²) in [5.74, 6) is 0.292. The summed E-state index contributed by atoms with van der Waals surface area (Å²) in [6, 6.07) is 1.62. The molecule has 0 saturated heterocycles. The van der Waals surface area contributed by atoms with Crippen LogP contribution in [-0.4, -0.2) is 17.0 Å². The summed E-state index contributed by atoms with van der Waals surface area (Å²) >= 11 is 3.17. The van der Waals surface area contributed by atoms with Crippen molar-refractivity contribution in [3.05, 3.63) is 32.4 Å². The molecule has 0 atom stereocenters. The molecular formula is C7H7BrN2O3. The predicted molar refractivity (Wildman–Crippen MR) is 49.2 cm³/mol. The van der Waals surface area contributed by atoms with Crippen LogP contribution in [0.5, 0.6) is 5.88 Å². The Labute approximate surface area is 83.0 Å².